The van der Waals surface area contributed by atoms with Gasteiger partial charge in [0.1, 0.15) is 11.0 Å². The van der Waals surface area contributed by atoms with Gasteiger partial charge in [-0.2, -0.15) is 0 Å². The Morgan fingerprint density at radius 2 is 2.23 bits per heavy atom. The number of anilines is 1. The zero-order chi connectivity index (χ0) is 9.84. The molecule has 0 fully saturated rings. The normalized spacial score (nSPS) is 9.38. The summed E-state index contributed by atoms with van der Waals surface area (Å²) in [5.41, 5.74) is 0. The number of halogens is 2. The van der Waals surface area contributed by atoms with E-state index in [4.69, 9.17) is 23.2 Å². The van der Waals surface area contributed by atoms with E-state index in [0.29, 0.717) is 0 Å². The van der Waals surface area contributed by atoms with Crippen LogP contribution in [-0.4, -0.2) is 15.9 Å². The number of hydrogen-bond donors (Lipinski definition) is 1. The molecule has 1 rings (SSSR count). The van der Waals surface area contributed by atoms with Gasteiger partial charge < -0.3 is 5.32 Å². The lowest BCUT2D eigenvalue weighted by Gasteiger charge is -2.00. The number of nitrogens with one attached hydrogen (secondary N) is 1. The lowest BCUT2D eigenvalue weighted by atomic mass is 10.5. The molecule has 1 N–H and O–H groups in total. The van der Waals surface area contributed by atoms with Crippen LogP contribution in [0, 0.1) is 0 Å². The summed E-state index contributed by atoms with van der Waals surface area (Å²) in [4.78, 5) is 18.2. The molecule has 1 aromatic heterocycles. The Balaban J connectivity index is 2.89. The van der Waals surface area contributed by atoms with Crippen LogP contribution >= 0.6 is 23.2 Å². The Bertz CT molecular complexity index is 333. The predicted molar refractivity (Wildman–Crippen MR) is 50.9 cm³/mol. The highest BCUT2D eigenvalue weighted by atomic mass is 35.5. The van der Waals surface area contributed by atoms with Gasteiger partial charge in [-0.1, -0.05) is 18.2 Å². The van der Waals surface area contributed by atoms with Crippen LogP contribution in [0.5, 0.6) is 0 Å². The summed E-state index contributed by atoms with van der Waals surface area (Å²) in [5.74, 6) is -0.138. The number of hydrogen-bond acceptors (Lipinski definition) is 3. The minimum Gasteiger partial charge on any atom is -0.307 e. The van der Waals surface area contributed by atoms with Crippen molar-refractivity contribution in [3.05, 3.63) is 29.2 Å². The number of nitrogens with zero attached hydrogens (tertiary/aromatic N) is 2. The predicted octanol–water partition coefficient (Wildman–Crippen LogP) is 1.91. The fraction of sp³-hybridized carbons (Fsp3) is 0. The molecule has 0 saturated carbocycles. The van der Waals surface area contributed by atoms with E-state index in [1.165, 1.54) is 6.07 Å². The molecule has 0 aliphatic heterocycles. The number of carbonyl (C=O) groups excluding carboxylic acids is 1. The first-order chi connectivity index (χ1) is 6.11. The second-order valence-corrected chi connectivity index (χ2v) is 2.76. The molecule has 0 atom stereocenters. The summed E-state index contributed by atoms with van der Waals surface area (Å²) in [6.45, 7) is 3.28. The van der Waals surface area contributed by atoms with E-state index < -0.39 is 0 Å². The molecule has 0 bridgehead atoms. The molecular weight excluding hydrogens is 213 g/mol. The Morgan fingerprint density at radius 1 is 1.54 bits per heavy atom. The fourth-order valence-electron chi connectivity index (χ4n) is 0.631. The van der Waals surface area contributed by atoms with E-state index in [-0.39, 0.29) is 22.2 Å². The molecule has 1 aromatic rings. The van der Waals surface area contributed by atoms with E-state index in [2.05, 4.69) is 21.9 Å². The maximum Gasteiger partial charge on any atom is 0.248 e. The van der Waals surface area contributed by atoms with Crippen LogP contribution in [0.15, 0.2) is 18.7 Å². The number of amides is 1. The SMILES string of the molecule is C=CC(=O)Nc1cc(Cl)nc(Cl)n1. The first-order valence-corrected chi connectivity index (χ1v) is 4.01. The number of rotatable bonds is 2. The largest absolute Gasteiger partial charge is 0.307 e. The third kappa shape index (κ3) is 3.01. The van der Waals surface area contributed by atoms with Crippen LogP contribution < -0.4 is 5.32 Å². The molecule has 0 spiro atoms. The standard InChI is InChI=1S/C7H5Cl2N3O/c1-2-6(13)11-5-3-4(8)10-7(9)12-5/h2-3H,1H2,(H,10,11,12,13). The quantitative estimate of drug-likeness (QED) is 0.468. The lowest BCUT2D eigenvalue weighted by molar-refractivity contribution is -0.111. The number of aromatic nitrogens is 2. The molecule has 1 amide bonds. The van der Waals surface area contributed by atoms with Gasteiger partial charge in [-0.3, -0.25) is 4.79 Å². The van der Waals surface area contributed by atoms with Gasteiger partial charge >= 0.3 is 0 Å². The van der Waals surface area contributed by atoms with Gasteiger partial charge in [0.15, 0.2) is 0 Å². The first-order valence-electron chi connectivity index (χ1n) is 3.25. The minimum absolute atomic E-state index is 0.0214. The van der Waals surface area contributed by atoms with Crippen LogP contribution in [0.25, 0.3) is 0 Å². The highest BCUT2D eigenvalue weighted by Crippen LogP contribution is 2.13. The Morgan fingerprint density at radius 3 is 2.77 bits per heavy atom. The second kappa shape index (κ2) is 4.20. The molecule has 13 heavy (non-hydrogen) atoms. The van der Waals surface area contributed by atoms with E-state index >= 15 is 0 Å². The zero-order valence-corrected chi connectivity index (χ0v) is 7.93. The van der Waals surface area contributed by atoms with Crippen molar-refractivity contribution in [3.63, 3.8) is 0 Å². The molecule has 1 heterocycles. The van der Waals surface area contributed by atoms with Gasteiger partial charge in [0.05, 0.1) is 0 Å². The smallest absolute Gasteiger partial charge is 0.248 e. The van der Waals surface area contributed by atoms with Crippen LogP contribution in [0.4, 0.5) is 5.82 Å². The average molecular weight is 218 g/mol. The van der Waals surface area contributed by atoms with Crippen LogP contribution in [0.3, 0.4) is 0 Å². The van der Waals surface area contributed by atoms with Crippen molar-refractivity contribution < 1.29 is 4.79 Å². The highest BCUT2D eigenvalue weighted by molar-refractivity contribution is 6.32. The molecule has 0 radical (unpaired) electrons. The molecule has 0 saturated heterocycles. The molecule has 0 unspecified atom stereocenters. The highest BCUT2D eigenvalue weighted by Gasteiger charge is 2.02. The Labute approximate surface area is 84.6 Å². The van der Waals surface area contributed by atoms with E-state index in [9.17, 15) is 4.79 Å². The summed E-state index contributed by atoms with van der Waals surface area (Å²) in [5, 5.41) is 2.54. The van der Waals surface area contributed by atoms with Gasteiger partial charge in [0.2, 0.25) is 11.2 Å². The van der Waals surface area contributed by atoms with Gasteiger partial charge in [-0.05, 0) is 17.7 Å². The van der Waals surface area contributed by atoms with Crippen molar-refractivity contribution in [3.8, 4) is 0 Å². The van der Waals surface area contributed by atoms with Gasteiger partial charge in [-0.25, -0.2) is 9.97 Å². The monoisotopic (exact) mass is 217 g/mol. The van der Waals surface area contributed by atoms with Crippen molar-refractivity contribution in [2.75, 3.05) is 5.32 Å². The van der Waals surface area contributed by atoms with Crippen LogP contribution in [-0.2, 0) is 4.79 Å². The Hall–Kier alpha value is -1.13. The minimum atomic E-state index is -0.383. The third-order valence-corrected chi connectivity index (χ3v) is 1.47. The summed E-state index contributed by atoms with van der Waals surface area (Å²) >= 11 is 11.1. The van der Waals surface area contributed by atoms with Crippen LogP contribution in [0.2, 0.25) is 10.4 Å². The molecular formula is C7H5Cl2N3O. The van der Waals surface area contributed by atoms with Gasteiger partial charge in [0.25, 0.3) is 0 Å². The van der Waals surface area contributed by atoms with E-state index in [1.54, 1.807) is 0 Å². The van der Waals surface area contributed by atoms with E-state index in [0.717, 1.165) is 6.08 Å². The second-order valence-electron chi connectivity index (χ2n) is 2.04. The molecule has 0 aromatic carbocycles. The third-order valence-electron chi connectivity index (χ3n) is 1.10. The van der Waals surface area contributed by atoms with Crippen molar-refractivity contribution in [1.29, 1.82) is 0 Å². The summed E-state index contributed by atoms with van der Waals surface area (Å²) < 4.78 is 0. The summed E-state index contributed by atoms with van der Waals surface area (Å²) in [6.07, 6.45) is 1.11. The topological polar surface area (TPSA) is 54.9 Å². The maximum absolute atomic E-state index is 10.8. The van der Waals surface area contributed by atoms with E-state index in [1.807, 2.05) is 0 Å². The molecule has 68 valence electrons. The summed E-state index contributed by atoms with van der Waals surface area (Å²) in [7, 11) is 0. The van der Waals surface area contributed by atoms with Crippen molar-refractivity contribution in [2.45, 2.75) is 0 Å². The molecule has 0 aliphatic rings. The van der Waals surface area contributed by atoms with Crippen molar-refractivity contribution in [1.82, 2.24) is 9.97 Å². The molecule has 4 nitrogen and oxygen atoms in total. The van der Waals surface area contributed by atoms with Gasteiger partial charge in [0, 0.05) is 6.07 Å². The van der Waals surface area contributed by atoms with Crippen molar-refractivity contribution in [2.24, 2.45) is 0 Å². The van der Waals surface area contributed by atoms with Crippen molar-refractivity contribution >= 4 is 34.9 Å². The average Bonchev–Trinajstić information content (AvgIpc) is 2.02. The van der Waals surface area contributed by atoms with Gasteiger partial charge in [-0.15, -0.1) is 0 Å². The zero-order valence-electron chi connectivity index (χ0n) is 6.42. The fourth-order valence-corrected chi connectivity index (χ4v) is 1.04. The Kier molecular flexibility index (Phi) is 3.22. The van der Waals surface area contributed by atoms with Crippen LogP contribution in [0.1, 0.15) is 0 Å². The number of carbonyl (C=O) groups is 1. The summed E-state index contributed by atoms with van der Waals surface area (Å²) in [6, 6.07) is 1.38. The molecule has 6 heteroatoms. The maximum atomic E-state index is 10.8. The lowest BCUT2D eigenvalue weighted by Crippen LogP contribution is -2.09. The first kappa shape index (κ1) is 9.95. The molecule has 0 aliphatic carbocycles.